The van der Waals surface area contributed by atoms with Crippen LogP contribution in [0.2, 0.25) is 10.0 Å². The molecule has 0 atom stereocenters. The zero-order chi connectivity index (χ0) is 22.1. The first-order chi connectivity index (χ1) is 14.0. The lowest BCUT2D eigenvalue weighted by molar-refractivity contribution is 0.336. The minimum absolute atomic E-state index is 0.0411. The summed E-state index contributed by atoms with van der Waals surface area (Å²) in [5, 5.41) is 4.73. The Labute approximate surface area is 186 Å². The van der Waals surface area contributed by atoms with Gasteiger partial charge in [0.25, 0.3) is 0 Å². The van der Waals surface area contributed by atoms with E-state index in [0.29, 0.717) is 21.4 Å². The van der Waals surface area contributed by atoms with Crippen molar-refractivity contribution in [1.29, 1.82) is 0 Å². The van der Waals surface area contributed by atoms with Gasteiger partial charge in [0, 0.05) is 22.7 Å². The van der Waals surface area contributed by atoms with E-state index in [1.807, 2.05) is 24.3 Å². The van der Waals surface area contributed by atoms with Gasteiger partial charge in [0.1, 0.15) is 0 Å². The molecule has 0 saturated carbocycles. The second-order valence-corrected chi connectivity index (χ2v) is 11.0. The van der Waals surface area contributed by atoms with E-state index in [1.165, 1.54) is 18.7 Å². The summed E-state index contributed by atoms with van der Waals surface area (Å²) in [6.45, 7) is 6.38. The van der Waals surface area contributed by atoms with Crippen LogP contribution in [0.25, 0.3) is 11.4 Å². The van der Waals surface area contributed by atoms with Gasteiger partial charge in [0.2, 0.25) is 21.7 Å². The lowest BCUT2D eigenvalue weighted by Crippen LogP contribution is -2.28. The Morgan fingerprint density at radius 1 is 1.07 bits per heavy atom. The molecule has 2 aromatic carbocycles. The van der Waals surface area contributed by atoms with Crippen LogP contribution in [-0.2, 0) is 27.7 Å². The van der Waals surface area contributed by atoms with E-state index >= 15 is 0 Å². The number of aromatic nitrogens is 2. The smallest absolute Gasteiger partial charge is 0.242 e. The number of rotatable bonds is 6. The molecule has 3 rings (SSSR count). The van der Waals surface area contributed by atoms with Gasteiger partial charge >= 0.3 is 0 Å². The third kappa shape index (κ3) is 5.40. The maximum absolute atomic E-state index is 12.7. The third-order valence-electron chi connectivity index (χ3n) is 4.66. The molecule has 0 aliphatic carbocycles. The van der Waals surface area contributed by atoms with Gasteiger partial charge in [-0.15, -0.1) is 0 Å². The van der Waals surface area contributed by atoms with Crippen LogP contribution in [0.5, 0.6) is 0 Å². The van der Waals surface area contributed by atoms with Crippen LogP contribution >= 0.6 is 23.2 Å². The fourth-order valence-corrected chi connectivity index (χ4v) is 4.52. The van der Waals surface area contributed by atoms with Gasteiger partial charge in [-0.3, -0.25) is 0 Å². The van der Waals surface area contributed by atoms with Crippen molar-refractivity contribution in [3.8, 4) is 11.4 Å². The van der Waals surface area contributed by atoms with Crippen LogP contribution in [0, 0.1) is 0 Å². The van der Waals surface area contributed by atoms with Crippen LogP contribution < -0.4 is 0 Å². The van der Waals surface area contributed by atoms with Crippen molar-refractivity contribution in [2.24, 2.45) is 0 Å². The summed E-state index contributed by atoms with van der Waals surface area (Å²) in [5.74, 6) is 0.365. The molecule has 1 heterocycles. The van der Waals surface area contributed by atoms with Crippen LogP contribution in [0.4, 0.5) is 0 Å². The SMILES string of the molecule is CN(Cc1nc(-c2ccc(C(C)(C)C)cc2)no1)S(=O)(=O)Cc1ccc(Cl)cc1Cl. The normalized spacial score (nSPS) is 12.5. The molecule has 0 amide bonds. The largest absolute Gasteiger partial charge is 0.338 e. The van der Waals surface area contributed by atoms with Gasteiger partial charge in [-0.25, -0.2) is 8.42 Å². The van der Waals surface area contributed by atoms with Crippen molar-refractivity contribution >= 4 is 33.2 Å². The summed E-state index contributed by atoms with van der Waals surface area (Å²) in [6.07, 6.45) is 0. The number of hydrogen-bond donors (Lipinski definition) is 0. The average molecular weight is 468 g/mol. The van der Waals surface area contributed by atoms with Crippen molar-refractivity contribution in [3.63, 3.8) is 0 Å². The fraction of sp³-hybridized carbons (Fsp3) is 0.333. The number of hydrogen-bond acceptors (Lipinski definition) is 5. The lowest BCUT2D eigenvalue weighted by Gasteiger charge is -2.18. The van der Waals surface area contributed by atoms with Crippen LogP contribution in [-0.4, -0.2) is 29.9 Å². The van der Waals surface area contributed by atoms with E-state index in [9.17, 15) is 8.42 Å². The molecule has 6 nitrogen and oxygen atoms in total. The van der Waals surface area contributed by atoms with Crippen molar-refractivity contribution in [2.45, 2.75) is 38.5 Å². The van der Waals surface area contributed by atoms with Crippen molar-refractivity contribution in [2.75, 3.05) is 7.05 Å². The molecule has 0 bridgehead atoms. The van der Waals surface area contributed by atoms with Crippen LogP contribution in [0.3, 0.4) is 0 Å². The number of nitrogens with zero attached hydrogens (tertiary/aromatic N) is 3. The molecule has 0 radical (unpaired) electrons. The summed E-state index contributed by atoms with van der Waals surface area (Å²) in [4.78, 5) is 4.33. The van der Waals surface area contributed by atoms with Gasteiger partial charge in [-0.1, -0.05) is 79.5 Å². The zero-order valence-electron chi connectivity index (χ0n) is 17.2. The maximum Gasteiger partial charge on any atom is 0.242 e. The van der Waals surface area contributed by atoms with E-state index in [1.54, 1.807) is 12.1 Å². The van der Waals surface area contributed by atoms with E-state index in [2.05, 4.69) is 30.9 Å². The first kappa shape index (κ1) is 22.7. The monoisotopic (exact) mass is 467 g/mol. The summed E-state index contributed by atoms with van der Waals surface area (Å²) in [5.41, 5.74) is 2.52. The summed E-state index contributed by atoms with van der Waals surface area (Å²) in [7, 11) is -2.19. The van der Waals surface area contributed by atoms with Crippen molar-refractivity contribution < 1.29 is 12.9 Å². The molecular formula is C21H23Cl2N3O3S. The topological polar surface area (TPSA) is 76.3 Å². The first-order valence-corrected chi connectivity index (χ1v) is 11.6. The molecule has 0 aliphatic heterocycles. The van der Waals surface area contributed by atoms with E-state index in [0.717, 1.165) is 9.87 Å². The molecule has 0 spiro atoms. The highest BCUT2D eigenvalue weighted by atomic mass is 35.5. The Bertz CT molecular complexity index is 1140. The highest BCUT2D eigenvalue weighted by Crippen LogP contribution is 2.26. The predicted molar refractivity (Wildman–Crippen MR) is 119 cm³/mol. The molecule has 3 aromatic rings. The molecule has 0 fully saturated rings. The van der Waals surface area contributed by atoms with Crippen LogP contribution in [0.1, 0.15) is 37.8 Å². The Kier molecular flexibility index (Phi) is 6.57. The molecule has 0 saturated heterocycles. The fourth-order valence-electron chi connectivity index (χ4n) is 2.79. The van der Waals surface area contributed by atoms with Gasteiger partial charge < -0.3 is 4.52 Å². The zero-order valence-corrected chi connectivity index (χ0v) is 19.5. The summed E-state index contributed by atoms with van der Waals surface area (Å²) in [6, 6.07) is 12.6. The lowest BCUT2D eigenvalue weighted by atomic mass is 9.87. The van der Waals surface area contributed by atoms with E-state index in [-0.39, 0.29) is 23.6 Å². The van der Waals surface area contributed by atoms with Crippen molar-refractivity contribution in [1.82, 2.24) is 14.4 Å². The molecule has 0 unspecified atom stereocenters. The van der Waals surface area contributed by atoms with E-state index in [4.69, 9.17) is 27.7 Å². The molecule has 30 heavy (non-hydrogen) atoms. The van der Waals surface area contributed by atoms with Gasteiger partial charge in [0.05, 0.1) is 12.3 Å². The summed E-state index contributed by atoms with van der Waals surface area (Å²) >= 11 is 12.0. The Morgan fingerprint density at radius 3 is 2.33 bits per heavy atom. The molecule has 1 aromatic heterocycles. The number of sulfonamides is 1. The standard InChI is InChI=1S/C21H23Cl2N3O3S/c1-21(2,3)16-8-5-14(6-9-16)20-24-19(29-25-20)12-26(4)30(27,28)13-15-7-10-17(22)11-18(15)23/h5-11H,12-13H2,1-4H3. The molecule has 9 heteroatoms. The average Bonchev–Trinajstić information content (AvgIpc) is 3.12. The molecular weight excluding hydrogens is 445 g/mol. The minimum atomic E-state index is -3.65. The van der Waals surface area contributed by atoms with Crippen LogP contribution in [0.15, 0.2) is 47.0 Å². The van der Waals surface area contributed by atoms with Crippen molar-refractivity contribution in [3.05, 3.63) is 69.5 Å². The van der Waals surface area contributed by atoms with Gasteiger partial charge in [-0.05, 0) is 28.7 Å². The van der Waals surface area contributed by atoms with Gasteiger partial charge in [-0.2, -0.15) is 9.29 Å². The second-order valence-electron chi connectivity index (χ2n) is 8.09. The third-order valence-corrected chi connectivity index (χ3v) is 7.00. The van der Waals surface area contributed by atoms with Gasteiger partial charge in [0.15, 0.2) is 0 Å². The molecule has 0 aliphatic rings. The second kappa shape index (κ2) is 8.67. The number of halogens is 2. The summed E-state index contributed by atoms with van der Waals surface area (Å²) < 4.78 is 31.8. The quantitative estimate of drug-likeness (QED) is 0.491. The Morgan fingerprint density at radius 2 is 1.73 bits per heavy atom. The maximum atomic E-state index is 12.7. The Hall–Kier alpha value is -1.93. The molecule has 0 N–H and O–H groups in total. The number of benzene rings is 2. The minimum Gasteiger partial charge on any atom is -0.338 e. The Balaban J connectivity index is 1.71. The highest BCUT2D eigenvalue weighted by Gasteiger charge is 2.23. The molecule has 160 valence electrons. The van der Waals surface area contributed by atoms with E-state index < -0.39 is 10.0 Å². The highest BCUT2D eigenvalue weighted by molar-refractivity contribution is 7.88. The predicted octanol–water partition coefficient (Wildman–Crippen LogP) is 5.30. The first-order valence-electron chi connectivity index (χ1n) is 9.27.